The van der Waals surface area contributed by atoms with E-state index in [2.05, 4.69) is 34.6 Å². The van der Waals surface area contributed by atoms with Gasteiger partial charge in [-0.05, 0) is 31.6 Å². The van der Waals surface area contributed by atoms with E-state index in [1.807, 2.05) is 0 Å². The highest BCUT2D eigenvalue weighted by Gasteiger charge is 2.30. The molecule has 19 heteroatoms. The maximum Gasteiger partial charge on any atom is 0.472 e. The van der Waals surface area contributed by atoms with Crippen LogP contribution in [0.2, 0.25) is 0 Å². The third-order valence-corrected chi connectivity index (χ3v) is 16.2. The van der Waals surface area contributed by atoms with Crippen LogP contribution < -0.4 is 0 Å². The van der Waals surface area contributed by atoms with Crippen molar-refractivity contribution in [3.8, 4) is 0 Å². The number of unbranched alkanes of at least 4 members (excludes halogenated alkanes) is 34. The van der Waals surface area contributed by atoms with Crippen LogP contribution in [-0.4, -0.2) is 96.7 Å². The normalized spacial score (nSPS) is 14.3. The lowest BCUT2D eigenvalue weighted by molar-refractivity contribution is -0.161. The number of carbonyl (C=O) groups is 4. The van der Waals surface area contributed by atoms with Crippen molar-refractivity contribution in [2.75, 3.05) is 39.6 Å². The summed E-state index contributed by atoms with van der Waals surface area (Å²) in [7, 11) is -9.87. The van der Waals surface area contributed by atoms with Crippen molar-refractivity contribution < 1.29 is 80.2 Å². The zero-order chi connectivity index (χ0) is 59.9. The van der Waals surface area contributed by atoms with Gasteiger partial charge in [0.1, 0.15) is 19.3 Å². The number of phosphoric ester groups is 2. The van der Waals surface area contributed by atoms with E-state index in [1.54, 1.807) is 0 Å². The summed E-state index contributed by atoms with van der Waals surface area (Å²) in [5.74, 6) is -1.37. The summed E-state index contributed by atoms with van der Waals surface area (Å²) < 4.78 is 67.7. The molecule has 0 amide bonds. The van der Waals surface area contributed by atoms with Gasteiger partial charge in [-0.3, -0.25) is 37.3 Å². The van der Waals surface area contributed by atoms with Gasteiger partial charge in [-0.15, -0.1) is 0 Å². The summed E-state index contributed by atoms with van der Waals surface area (Å²) in [4.78, 5) is 71.9. The van der Waals surface area contributed by atoms with Crippen molar-refractivity contribution in [1.82, 2.24) is 0 Å². The van der Waals surface area contributed by atoms with Crippen molar-refractivity contribution in [2.45, 2.75) is 329 Å². The van der Waals surface area contributed by atoms with Gasteiger partial charge in [-0.1, -0.05) is 259 Å². The SMILES string of the molecule is CCCCCCCCCCCCCC(=O)OC[C@H](COP(=O)(O)OC[C@@H](O)COP(=O)(O)OC[C@@H](COC(=O)CCCCCCC)OC(=O)CCCCCCCCCCCC)OC(=O)CCCCCCCCCCCCCCC(C)C. The first kappa shape index (κ1) is 79.1. The Kier molecular flexibility index (Phi) is 54.6. The van der Waals surface area contributed by atoms with Gasteiger partial charge in [0.15, 0.2) is 12.2 Å². The minimum Gasteiger partial charge on any atom is -0.462 e. The Morgan fingerprint density at radius 2 is 0.568 bits per heavy atom. The van der Waals surface area contributed by atoms with Crippen molar-refractivity contribution in [3.63, 3.8) is 0 Å². The molecular formula is C62H120O17P2. The molecule has 0 saturated carbocycles. The maximum atomic E-state index is 12.9. The molecule has 17 nitrogen and oxygen atoms in total. The van der Waals surface area contributed by atoms with Crippen LogP contribution in [0.25, 0.3) is 0 Å². The summed E-state index contributed by atoms with van der Waals surface area (Å²) in [6.07, 6.45) is 39.2. The van der Waals surface area contributed by atoms with Crippen LogP contribution in [0.1, 0.15) is 311 Å². The van der Waals surface area contributed by atoms with Gasteiger partial charge in [0.05, 0.1) is 26.4 Å². The molecular weight excluding hydrogens is 1080 g/mol. The summed E-state index contributed by atoms with van der Waals surface area (Å²) in [6.45, 7) is 7.09. The van der Waals surface area contributed by atoms with E-state index in [0.29, 0.717) is 25.7 Å². The van der Waals surface area contributed by atoms with Gasteiger partial charge in [0.2, 0.25) is 0 Å². The molecule has 0 fully saturated rings. The second-order valence-corrected chi connectivity index (χ2v) is 25.8. The number of ether oxygens (including phenoxy) is 4. The number of aliphatic hydroxyl groups is 1. The second-order valence-electron chi connectivity index (χ2n) is 22.9. The van der Waals surface area contributed by atoms with Gasteiger partial charge in [0.25, 0.3) is 0 Å². The molecule has 480 valence electrons. The van der Waals surface area contributed by atoms with Crippen molar-refractivity contribution in [1.29, 1.82) is 0 Å². The van der Waals surface area contributed by atoms with E-state index < -0.39 is 97.5 Å². The van der Waals surface area contributed by atoms with E-state index in [9.17, 15) is 43.2 Å². The summed E-state index contributed by atoms with van der Waals surface area (Å²) in [6, 6.07) is 0. The van der Waals surface area contributed by atoms with Crippen LogP contribution >= 0.6 is 15.6 Å². The molecule has 0 rings (SSSR count). The van der Waals surface area contributed by atoms with E-state index in [-0.39, 0.29) is 25.7 Å². The highest BCUT2D eigenvalue weighted by molar-refractivity contribution is 7.47. The third-order valence-electron chi connectivity index (χ3n) is 14.3. The first-order valence-corrected chi connectivity index (χ1v) is 35.6. The quantitative estimate of drug-likeness (QED) is 0.0222. The Hall–Kier alpha value is -1.94. The zero-order valence-electron chi connectivity index (χ0n) is 51.9. The fourth-order valence-corrected chi connectivity index (χ4v) is 10.8. The lowest BCUT2D eigenvalue weighted by Crippen LogP contribution is -2.30. The molecule has 2 unspecified atom stereocenters. The molecule has 5 atom stereocenters. The Balaban J connectivity index is 5.17. The fraction of sp³-hybridized carbons (Fsp3) is 0.935. The predicted molar refractivity (Wildman–Crippen MR) is 322 cm³/mol. The molecule has 0 spiro atoms. The molecule has 0 saturated heterocycles. The fourth-order valence-electron chi connectivity index (χ4n) is 9.23. The molecule has 81 heavy (non-hydrogen) atoms. The first-order chi connectivity index (χ1) is 39.0. The van der Waals surface area contributed by atoms with Crippen LogP contribution in [0.5, 0.6) is 0 Å². The number of hydrogen-bond donors (Lipinski definition) is 3. The molecule has 0 aromatic heterocycles. The molecule has 0 bridgehead atoms. The molecule has 0 aliphatic carbocycles. The standard InChI is InChI=1S/C62H120O17P2/c1-6-9-12-15-17-19-23-28-31-36-41-46-60(65)73-52-58(79-62(67)48-43-38-33-29-25-22-21-24-26-30-35-39-44-55(4)5)54-77-81(70,71)75-50-56(63)49-74-80(68,69)76-53-57(51-72-59(64)45-40-34-14-11-8-3)78-61(66)47-42-37-32-27-20-18-16-13-10-7-2/h55-58,63H,6-54H2,1-5H3,(H,68,69)(H,70,71)/t56-,57+,58+/m0/s1. The highest BCUT2D eigenvalue weighted by Crippen LogP contribution is 2.45. The molecule has 0 radical (unpaired) electrons. The van der Waals surface area contributed by atoms with Gasteiger partial charge in [0, 0.05) is 25.7 Å². The maximum absolute atomic E-state index is 12.9. The molecule has 0 aliphatic heterocycles. The lowest BCUT2D eigenvalue weighted by atomic mass is 10.0. The second kappa shape index (κ2) is 55.9. The Labute approximate surface area is 492 Å². The van der Waals surface area contributed by atoms with Gasteiger partial charge < -0.3 is 33.8 Å². The first-order valence-electron chi connectivity index (χ1n) is 32.6. The monoisotopic (exact) mass is 1200 g/mol. The Morgan fingerprint density at radius 3 is 0.840 bits per heavy atom. The van der Waals surface area contributed by atoms with Crippen LogP contribution in [-0.2, 0) is 65.4 Å². The van der Waals surface area contributed by atoms with Crippen LogP contribution in [0.3, 0.4) is 0 Å². The number of hydrogen-bond acceptors (Lipinski definition) is 15. The average Bonchev–Trinajstić information content (AvgIpc) is 3.43. The summed E-state index contributed by atoms with van der Waals surface area (Å²) in [5.41, 5.74) is 0. The summed E-state index contributed by atoms with van der Waals surface area (Å²) >= 11 is 0. The predicted octanol–water partition coefficient (Wildman–Crippen LogP) is 17.0. The summed E-state index contributed by atoms with van der Waals surface area (Å²) in [5, 5.41) is 10.5. The van der Waals surface area contributed by atoms with Crippen LogP contribution in [0.15, 0.2) is 0 Å². The van der Waals surface area contributed by atoms with E-state index in [0.717, 1.165) is 102 Å². The van der Waals surface area contributed by atoms with Gasteiger partial charge in [-0.2, -0.15) is 0 Å². The largest absolute Gasteiger partial charge is 0.472 e. The molecule has 0 aromatic rings. The van der Waals surface area contributed by atoms with Crippen LogP contribution in [0.4, 0.5) is 0 Å². The van der Waals surface area contributed by atoms with Crippen molar-refractivity contribution in [2.24, 2.45) is 5.92 Å². The van der Waals surface area contributed by atoms with E-state index in [1.165, 1.54) is 128 Å². The number of carbonyl (C=O) groups excluding carboxylic acids is 4. The van der Waals surface area contributed by atoms with Gasteiger partial charge >= 0.3 is 39.5 Å². The zero-order valence-corrected chi connectivity index (χ0v) is 53.7. The molecule has 0 heterocycles. The van der Waals surface area contributed by atoms with Gasteiger partial charge in [-0.25, -0.2) is 9.13 Å². The molecule has 0 aromatic carbocycles. The Bertz CT molecular complexity index is 1580. The molecule has 3 N–H and O–H groups in total. The minimum absolute atomic E-state index is 0.105. The Morgan fingerprint density at radius 1 is 0.333 bits per heavy atom. The minimum atomic E-state index is -4.94. The van der Waals surface area contributed by atoms with Crippen molar-refractivity contribution in [3.05, 3.63) is 0 Å². The molecule has 0 aliphatic rings. The lowest BCUT2D eigenvalue weighted by Gasteiger charge is -2.21. The number of phosphoric acid groups is 2. The third kappa shape index (κ3) is 56.9. The number of esters is 4. The van der Waals surface area contributed by atoms with Crippen LogP contribution in [0, 0.1) is 5.92 Å². The highest BCUT2D eigenvalue weighted by atomic mass is 31.2. The van der Waals surface area contributed by atoms with E-state index in [4.69, 9.17) is 37.0 Å². The topological polar surface area (TPSA) is 237 Å². The van der Waals surface area contributed by atoms with Crippen molar-refractivity contribution >= 4 is 39.5 Å². The number of rotatable bonds is 62. The van der Waals surface area contributed by atoms with E-state index >= 15 is 0 Å². The number of aliphatic hydroxyl groups excluding tert-OH is 1. The smallest absolute Gasteiger partial charge is 0.462 e. The average molecular weight is 1200 g/mol.